The topological polar surface area (TPSA) is 54.3 Å². The number of hydrogen-bond donors (Lipinski definition) is 1. The third kappa shape index (κ3) is 3.67. The van der Waals surface area contributed by atoms with Gasteiger partial charge in [0.2, 0.25) is 10.0 Å². The van der Waals surface area contributed by atoms with Crippen LogP contribution in [0.4, 0.5) is 0 Å². The summed E-state index contributed by atoms with van der Waals surface area (Å²) in [6.07, 6.45) is 5.21. The largest absolute Gasteiger partial charge is 0.346 e. The molecule has 1 heterocycles. The van der Waals surface area contributed by atoms with Crippen molar-refractivity contribution in [3.63, 3.8) is 0 Å². The third-order valence-corrected chi connectivity index (χ3v) is 5.94. The molecule has 1 aliphatic rings. The Labute approximate surface area is 128 Å². The van der Waals surface area contributed by atoms with E-state index in [1.165, 1.54) is 4.31 Å². The van der Waals surface area contributed by atoms with Crippen molar-refractivity contribution in [3.8, 4) is 0 Å². The van der Waals surface area contributed by atoms with Gasteiger partial charge in [-0.3, -0.25) is 0 Å². The van der Waals surface area contributed by atoms with Gasteiger partial charge in [-0.1, -0.05) is 20.8 Å². The SMILES string of the molecule is CCCNCc1cc(S(=O)(=O)N(CC)CC)cn1C1CC1. The second kappa shape index (κ2) is 6.94. The minimum absolute atomic E-state index is 0.436. The van der Waals surface area contributed by atoms with Gasteiger partial charge in [0.25, 0.3) is 0 Å². The molecule has 0 radical (unpaired) electrons. The van der Waals surface area contributed by atoms with Gasteiger partial charge < -0.3 is 9.88 Å². The molecular weight excluding hydrogens is 286 g/mol. The minimum atomic E-state index is -3.35. The van der Waals surface area contributed by atoms with E-state index in [0.29, 0.717) is 24.0 Å². The van der Waals surface area contributed by atoms with Crippen LogP contribution in [0.5, 0.6) is 0 Å². The summed E-state index contributed by atoms with van der Waals surface area (Å²) >= 11 is 0. The number of nitrogens with zero attached hydrogens (tertiary/aromatic N) is 2. The number of nitrogens with one attached hydrogen (secondary N) is 1. The van der Waals surface area contributed by atoms with Crippen molar-refractivity contribution in [2.24, 2.45) is 0 Å². The molecule has 1 N–H and O–H groups in total. The first-order valence-electron chi connectivity index (χ1n) is 7.96. The van der Waals surface area contributed by atoms with Crippen molar-refractivity contribution in [2.45, 2.75) is 57.5 Å². The van der Waals surface area contributed by atoms with Gasteiger partial charge in [0, 0.05) is 37.6 Å². The third-order valence-electron chi connectivity index (χ3n) is 3.92. The lowest BCUT2D eigenvalue weighted by atomic mass is 10.4. The van der Waals surface area contributed by atoms with Crippen LogP contribution in [0.3, 0.4) is 0 Å². The van der Waals surface area contributed by atoms with E-state index >= 15 is 0 Å². The summed E-state index contributed by atoms with van der Waals surface area (Å²) in [5, 5.41) is 3.37. The first-order chi connectivity index (χ1) is 10.0. The number of sulfonamides is 1. The van der Waals surface area contributed by atoms with Gasteiger partial charge in [-0.05, 0) is 31.9 Å². The zero-order valence-corrected chi connectivity index (χ0v) is 14.1. The van der Waals surface area contributed by atoms with E-state index in [0.717, 1.165) is 38.0 Å². The van der Waals surface area contributed by atoms with E-state index in [1.807, 2.05) is 26.1 Å². The highest BCUT2D eigenvalue weighted by atomic mass is 32.2. The summed E-state index contributed by atoms with van der Waals surface area (Å²) in [6, 6.07) is 2.33. The molecule has 1 aromatic rings. The Morgan fingerprint density at radius 2 is 1.95 bits per heavy atom. The summed E-state index contributed by atoms with van der Waals surface area (Å²) in [5.41, 5.74) is 1.08. The molecule has 0 aromatic carbocycles. The fourth-order valence-corrected chi connectivity index (χ4v) is 4.09. The molecule has 120 valence electrons. The first kappa shape index (κ1) is 16.5. The van der Waals surface area contributed by atoms with E-state index in [4.69, 9.17) is 0 Å². The molecule has 1 aliphatic carbocycles. The molecule has 21 heavy (non-hydrogen) atoms. The van der Waals surface area contributed by atoms with Crippen molar-refractivity contribution >= 4 is 10.0 Å². The van der Waals surface area contributed by atoms with E-state index in [9.17, 15) is 8.42 Å². The van der Waals surface area contributed by atoms with Crippen molar-refractivity contribution in [2.75, 3.05) is 19.6 Å². The quantitative estimate of drug-likeness (QED) is 0.712. The molecule has 0 atom stereocenters. The summed E-state index contributed by atoms with van der Waals surface area (Å²) < 4.78 is 28.9. The average Bonchev–Trinajstić information content (AvgIpc) is 3.20. The zero-order valence-electron chi connectivity index (χ0n) is 13.3. The predicted octanol–water partition coefficient (Wildman–Crippen LogP) is 2.35. The summed E-state index contributed by atoms with van der Waals surface area (Å²) in [7, 11) is -3.35. The molecule has 1 aromatic heterocycles. The van der Waals surface area contributed by atoms with Crippen molar-refractivity contribution in [1.29, 1.82) is 0 Å². The average molecular weight is 313 g/mol. The molecule has 2 rings (SSSR count). The Morgan fingerprint density at radius 3 is 2.48 bits per heavy atom. The van der Waals surface area contributed by atoms with Crippen LogP contribution in [-0.2, 0) is 16.6 Å². The van der Waals surface area contributed by atoms with E-state index < -0.39 is 10.0 Å². The van der Waals surface area contributed by atoms with Gasteiger partial charge in [-0.25, -0.2) is 8.42 Å². The maximum Gasteiger partial charge on any atom is 0.244 e. The Hall–Kier alpha value is -0.850. The maximum atomic E-state index is 12.6. The van der Waals surface area contributed by atoms with Gasteiger partial charge in [0.05, 0.1) is 0 Å². The lowest BCUT2D eigenvalue weighted by Gasteiger charge is -2.17. The van der Waals surface area contributed by atoms with Crippen LogP contribution in [0.25, 0.3) is 0 Å². The van der Waals surface area contributed by atoms with Gasteiger partial charge >= 0.3 is 0 Å². The molecule has 0 unspecified atom stereocenters. The van der Waals surface area contributed by atoms with Crippen LogP contribution in [0.15, 0.2) is 17.2 Å². The fourth-order valence-electron chi connectivity index (χ4n) is 2.58. The van der Waals surface area contributed by atoms with E-state index in [-0.39, 0.29) is 0 Å². The predicted molar refractivity (Wildman–Crippen MR) is 84.8 cm³/mol. The fraction of sp³-hybridized carbons (Fsp3) is 0.733. The first-order valence-corrected chi connectivity index (χ1v) is 9.40. The van der Waals surface area contributed by atoms with Crippen molar-refractivity contribution < 1.29 is 8.42 Å². The molecular formula is C15H27N3O2S. The van der Waals surface area contributed by atoms with Crippen molar-refractivity contribution in [1.82, 2.24) is 14.2 Å². The Kier molecular flexibility index (Phi) is 5.46. The van der Waals surface area contributed by atoms with Crippen LogP contribution >= 0.6 is 0 Å². The van der Waals surface area contributed by atoms with E-state index in [1.54, 1.807) is 0 Å². The molecule has 1 saturated carbocycles. The lowest BCUT2D eigenvalue weighted by molar-refractivity contribution is 0.445. The standard InChI is InChI=1S/C15H27N3O2S/c1-4-9-16-11-14-10-15(12-18(14)13-7-8-13)21(19,20)17(5-2)6-3/h10,12-13,16H,4-9,11H2,1-3H3. The van der Waals surface area contributed by atoms with Crippen LogP contribution < -0.4 is 5.32 Å². The minimum Gasteiger partial charge on any atom is -0.346 e. The molecule has 0 bridgehead atoms. The van der Waals surface area contributed by atoms with Gasteiger partial charge in [-0.15, -0.1) is 0 Å². The molecule has 5 nitrogen and oxygen atoms in total. The molecule has 0 aliphatic heterocycles. The maximum absolute atomic E-state index is 12.6. The van der Waals surface area contributed by atoms with Gasteiger partial charge in [0.1, 0.15) is 4.90 Å². The summed E-state index contributed by atoms with van der Waals surface area (Å²) in [4.78, 5) is 0.436. The van der Waals surface area contributed by atoms with Crippen LogP contribution in [0, 0.1) is 0 Å². The Bertz CT molecular complexity index is 557. The smallest absolute Gasteiger partial charge is 0.244 e. The lowest BCUT2D eigenvalue weighted by Crippen LogP contribution is -2.30. The zero-order chi connectivity index (χ0) is 15.5. The molecule has 0 saturated heterocycles. The number of aromatic nitrogens is 1. The monoisotopic (exact) mass is 313 g/mol. The highest BCUT2D eigenvalue weighted by Gasteiger charge is 2.29. The van der Waals surface area contributed by atoms with Crippen molar-refractivity contribution in [3.05, 3.63) is 18.0 Å². The number of rotatable bonds is 9. The van der Waals surface area contributed by atoms with Crippen LogP contribution in [-0.4, -0.2) is 36.9 Å². The molecule has 0 amide bonds. The number of hydrogen-bond acceptors (Lipinski definition) is 3. The second-order valence-electron chi connectivity index (χ2n) is 5.57. The van der Waals surface area contributed by atoms with E-state index in [2.05, 4.69) is 16.8 Å². The Balaban J connectivity index is 2.26. The normalized spacial score (nSPS) is 15.8. The van der Waals surface area contributed by atoms with Crippen LogP contribution in [0.2, 0.25) is 0 Å². The summed E-state index contributed by atoms with van der Waals surface area (Å²) in [6.45, 7) is 8.59. The van der Waals surface area contributed by atoms with Gasteiger partial charge in [-0.2, -0.15) is 4.31 Å². The Morgan fingerprint density at radius 1 is 1.29 bits per heavy atom. The molecule has 6 heteroatoms. The molecule has 0 spiro atoms. The second-order valence-corrected chi connectivity index (χ2v) is 7.51. The highest BCUT2D eigenvalue weighted by molar-refractivity contribution is 7.89. The summed E-state index contributed by atoms with van der Waals surface area (Å²) in [5.74, 6) is 0. The highest BCUT2D eigenvalue weighted by Crippen LogP contribution is 2.37. The van der Waals surface area contributed by atoms with Crippen LogP contribution in [0.1, 0.15) is 51.8 Å². The van der Waals surface area contributed by atoms with Gasteiger partial charge in [0.15, 0.2) is 0 Å². The molecule has 1 fully saturated rings.